The smallest absolute Gasteiger partial charge is 0.0559 e. The molecule has 1 fully saturated rings. The average Bonchev–Trinajstić information content (AvgIpc) is 3.07. The van der Waals surface area contributed by atoms with Crippen molar-refractivity contribution in [3.8, 4) is 0 Å². The minimum absolute atomic E-state index is 0.126. The topological polar surface area (TPSA) is 39.1 Å². The molecule has 3 rings (SSSR count). The van der Waals surface area contributed by atoms with E-state index in [1.807, 2.05) is 35.3 Å². The molecule has 2 heterocycles. The van der Waals surface area contributed by atoms with Crippen LogP contribution in [0.25, 0.3) is 0 Å². The number of benzene rings is 1. The van der Waals surface area contributed by atoms with E-state index in [-0.39, 0.29) is 5.41 Å². The molecule has 0 aliphatic carbocycles. The monoisotopic (exact) mass is 333 g/mol. The molecule has 4 nitrogen and oxygen atoms in total. The van der Waals surface area contributed by atoms with Gasteiger partial charge in [0.25, 0.3) is 0 Å². The summed E-state index contributed by atoms with van der Waals surface area (Å²) in [5, 5.41) is 8.76. The van der Waals surface area contributed by atoms with Gasteiger partial charge in [-0.15, -0.1) is 0 Å². The van der Waals surface area contributed by atoms with E-state index in [0.29, 0.717) is 6.04 Å². The van der Waals surface area contributed by atoms with Crippen molar-refractivity contribution in [1.82, 2.24) is 15.1 Å². The van der Waals surface area contributed by atoms with Gasteiger partial charge in [0.1, 0.15) is 0 Å². The molecule has 5 heteroatoms. The van der Waals surface area contributed by atoms with Gasteiger partial charge in [-0.1, -0.05) is 23.7 Å². The fourth-order valence-electron chi connectivity index (χ4n) is 3.26. The molecule has 1 aliphatic rings. The molecule has 1 aliphatic heterocycles. The van der Waals surface area contributed by atoms with E-state index in [0.717, 1.165) is 44.2 Å². The summed E-state index contributed by atoms with van der Waals surface area (Å²) >= 11 is 6.05. The molecule has 1 atom stereocenters. The van der Waals surface area contributed by atoms with Crippen LogP contribution in [0.3, 0.4) is 0 Å². The second kappa shape index (κ2) is 7.47. The number of rotatable bonds is 6. The molecular formula is C18H24ClN3O. The zero-order chi connectivity index (χ0) is 16.1. The van der Waals surface area contributed by atoms with Crippen molar-refractivity contribution in [1.29, 1.82) is 0 Å². The number of ether oxygens (including phenoxy) is 1. The molecule has 1 saturated heterocycles. The maximum absolute atomic E-state index is 6.05. The quantitative estimate of drug-likeness (QED) is 0.882. The van der Waals surface area contributed by atoms with Gasteiger partial charge in [0.15, 0.2) is 0 Å². The third-order valence-corrected chi connectivity index (χ3v) is 4.97. The first kappa shape index (κ1) is 16.5. The Morgan fingerprint density at radius 1 is 1.30 bits per heavy atom. The molecule has 1 N–H and O–H groups in total. The summed E-state index contributed by atoms with van der Waals surface area (Å²) in [6.07, 6.45) is 5.90. The minimum Gasteiger partial charge on any atom is -0.381 e. The van der Waals surface area contributed by atoms with Crippen molar-refractivity contribution in [3.05, 3.63) is 53.3 Å². The van der Waals surface area contributed by atoms with E-state index in [9.17, 15) is 0 Å². The van der Waals surface area contributed by atoms with Crippen LogP contribution in [0.15, 0.2) is 42.7 Å². The van der Waals surface area contributed by atoms with Gasteiger partial charge in [0.2, 0.25) is 0 Å². The Balaban J connectivity index is 1.68. The summed E-state index contributed by atoms with van der Waals surface area (Å²) in [5.41, 5.74) is 1.48. The summed E-state index contributed by atoms with van der Waals surface area (Å²) in [6, 6.07) is 10.6. The van der Waals surface area contributed by atoms with Gasteiger partial charge in [-0.25, -0.2) is 0 Å². The second-order valence-corrected chi connectivity index (χ2v) is 6.85. The van der Waals surface area contributed by atoms with Crippen LogP contribution in [0.5, 0.6) is 0 Å². The van der Waals surface area contributed by atoms with Crippen LogP contribution in [-0.4, -0.2) is 35.6 Å². The first-order valence-corrected chi connectivity index (χ1v) is 8.60. The van der Waals surface area contributed by atoms with E-state index in [4.69, 9.17) is 16.3 Å². The SMILES string of the molecule is CC(Cn1cccn1)NCC1(c2ccc(Cl)cc2)CCOCC1. The van der Waals surface area contributed by atoms with E-state index < -0.39 is 0 Å². The maximum Gasteiger partial charge on any atom is 0.0559 e. The van der Waals surface area contributed by atoms with Crippen molar-refractivity contribution in [2.45, 2.75) is 37.8 Å². The van der Waals surface area contributed by atoms with E-state index in [1.165, 1.54) is 5.56 Å². The molecule has 0 radical (unpaired) electrons. The number of hydrogen-bond donors (Lipinski definition) is 1. The molecule has 23 heavy (non-hydrogen) atoms. The third-order valence-electron chi connectivity index (χ3n) is 4.72. The van der Waals surface area contributed by atoms with Crippen molar-refractivity contribution in [2.75, 3.05) is 19.8 Å². The summed E-state index contributed by atoms with van der Waals surface area (Å²) in [4.78, 5) is 0. The average molecular weight is 334 g/mol. The van der Waals surface area contributed by atoms with Gasteiger partial charge in [0, 0.05) is 48.6 Å². The number of hydrogen-bond acceptors (Lipinski definition) is 3. The Bertz CT molecular complexity index is 591. The Kier molecular flexibility index (Phi) is 5.36. The van der Waals surface area contributed by atoms with Gasteiger partial charge in [0.05, 0.1) is 6.54 Å². The van der Waals surface area contributed by atoms with Gasteiger partial charge >= 0.3 is 0 Å². The van der Waals surface area contributed by atoms with Gasteiger partial charge in [-0.05, 0) is 43.5 Å². The fourth-order valence-corrected chi connectivity index (χ4v) is 3.38. The molecule has 1 unspecified atom stereocenters. The number of halogens is 1. The zero-order valence-electron chi connectivity index (χ0n) is 13.5. The van der Waals surface area contributed by atoms with Crippen molar-refractivity contribution < 1.29 is 4.74 Å². The molecule has 1 aromatic heterocycles. The molecule has 0 bridgehead atoms. The predicted molar refractivity (Wildman–Crippen MR) is 92.9 cm³/mol. The van der Waals surface area contributed by atoms with Crippen molar-refractivity contribution in [2.24, 2.45) is 0 Å². The first-order chi connectivity index (χ1) is 11.2. The Morgan fingerprint density at radius 3 is 2.70 bits per heavy atom. The molecule has 0 saturated carbocycles. The highest BCUT2D eigenvalue weighted by atomic mass is 35.5. The van der Waals surface area contributed by atoms with Gasteiger partial charge < -0.3 is 10.1 Å². The van der Waals surface area contributed by atoms with E-state index in [1.54, 1.807) is 0 Å². The van der Waals surface area contributed by atoms with Crippen molar-refractivity contribution >= 4 is 11.6 Å². The highest BCUT2D eigenvalue weighted by Gasteiger charge is 2.34. The Morgan fingerprint density at radius 2 is 2.04 bits per heavy atom. The second-order valence-electron chi connectivity index (χ2n) is 6.41. The molecule has 124 valence electrons. The van der Waals surface area contributed by atoms with E-state index >= 15 is 0 Å². The lowest BCUT2D eigenvalue weighted by molar-refractivity contribution is 0.0488. The van der Waals surface area contributed by atoms with Crippen LogP contribution in [0.2, 0.25) is 5.02 Å². The van der Waals surface area contributed by atoms with Crippen LogP contribution >= 0.6 is 11.6 Å². The fraction of sp³-hybridized carbons (Fsp3) is 0.500. The minimum atomic E-state index is 0.126. The first-order valence-electron chi connectivity index (χ1n) is 8.23. The number of nitrogens with one attached hydrogen (secondary N) is 1. The summed E-state index contributed by atoms with van der Waals surface area (Å²) < 4.78 is 7.56. The number of nitrogens with zero attached hydrogens (tertiary/aromatic N) is 2. The summed E-state index contributed by atoms with van der Waals surface area (Å²) in [7, 11) is 0. The Labute approximate surface area is 142 Å². The normalized spacial score (nSPS) is 18.7. The van der Waals surface area contributed by atoms with Crippen LogP contribution in [0, 0.1) is 0 Å². The largest absolute Gasteiger partial charge is 0.381 e. The standard InChI is InChI=1S/C18H24ClN3O/c1-15(13-22-10-2-9-21-22)20-14-18(7-11-23-12-8-18)16-3-5-17(19)6-4-16/h2-6,9-10,15,20H,7-8,11-14H2,1H3. The van der Waals surface area contributed by atoms with Crippen LogP contribution in [-0.2, 0) is 16.7 Å². The molecular weight excluding hydrogens is 310 g/mol. The van der Waals surface area contributed by atoms with E-state index in [2.05, 4.69) is 29.5 Å². The third kappa shape index (κ3) is 4.14. The van der Waals surface area contributed by atoms with Crippen molar-refractivity contribution in [3.63, 3.8) is 0 Å². The van der Waals surface area contributed by atoms with Crippen LogP contribution in [0.4, 0.5) is 0 Å². The summed E-state index contributed by atoms with van der Waals surface area (Å²) in [5.74, 6) is 0. The Hall–Kier alpha value is -1.36. The zero-order valence-corrected chi connectivity index (χ0v) is 14.3. The highest BCUT2D eigenvalue weighted by Crippen LogP contribution is 2.35. The lowest BCUT2D eigenvalue weighted by Crippen LogP contribution is -2.46. The highest BCUT2D eigenvalue weighted by molar-refractivity contribution is 6.30. The lowest BCUT2D eigenvalue weighted by Gasteiger charge is -2.39. The predicted octanol–water partition coefficient (Wildman–Crippen LogP) is 3.26. The van der Waals surface area contributed by atoms with Gasteiger partial charge in [-0.3, -0.25) is 4.68 Å². The van der Waals surface area contributed by atoms with Gasteiger partial charge in [-0.2, -0.15) is 5.10 Å². The molecule has 2 aromatic rings. The number of aromatic nitrogens is 2. The molecule has 0 spiro atoms. The summed E-state index contributed by atoms with van der Waals surface area (Å²) in [6.45, 7) is 5.66. The van der Waals surface area contributed by atoms with Crippen LogP contribution in [0.1, 0.15) is 25.3 Å². The lowest BCUT2D eigenvalue weighted by atomic mass is 9.74. The maximum atomic E-state index is 6.05. The van der Waals surface area contributed by atoms with Crippen LogP contribution < -0.4 is 5.32 Å². The molecule has 0 amide bonds. The molecule has 1 aromatic carbocycles.